The fourth-order valence-corrected chi connectivity index (χ4v) is 3.48. The molecule has 2 N–H and O–H groups in total. The Labute approximate surface area is 111 Å². The molecule has 0 aromatic rings. The molecule has 0 bridgehead atoms. The van der Waals surface area contributed by atoms with Crippen LogP contribution < -0.4 is 5.73 Å². The van der Waals surface area contributed by atoms with Crippen LogP contribution in [0, 0.1) is 17.8 Å². The number of nitrogens with zero attached hydrogens (tertiary/aromatic N) is 1. The summed E-state index contributed by atoms with van der Waals surface area (Å²) in [5.74, 6) is 2.03. The molecule has 2 unspecified atom stereocenters. The molecule has 3 heteroatoms. The first-order valence-corrected chi connectivity index (χ1v) is 7.62. The largest absolute Gasteiger partial charge is 0.339 e. The van der Waals surface area contributed by atoms with Crippen LogP contribution in [-0.4, -0.2) is 29.9 Å². The number of nitrogens with two attached hydrogens (primary N) is 1. The molecular formula is C15H28N2O. The molecule has 2 aliphatic rings. The number of rotatable bonds is 2. The van der Waals surface area contributed by atoms with Gasteiger partial charge in [-0.1, -0.05) is 6.92 Å². The van der Waals surface area contributed by atoms with Crippen LogP contribution in [-0.2, 0) is 4.79 Å². The van der Waals surface area contributed by atoms with Gasteiger partial charge in [-0.25, -0.2) is 0 Å². The van der Waals surface area contributed by atoms with Crippen molar-refractivity contribution in [2.75, 3.05) is 13.1 Å². The molecule has 2 atom stereocenters. The molecule has 18 heavy (non-hydrogen) atoms. The molecule has 1 aliphatic carbocycles. The highest BCUT2D eigenvalue weighted by Crippen LogP contribution is 2.31. The molecule has 0 aromatic carbocycles. The van der Waals surface area contributed by atoms with Gasteiger partial charge in [-0.2, -0.15) is 0 Å². The summed E-state index contributed by atoms with van der Waals surface area (Å²) < 4.78 is 0. The molecule has 2 fully saturated rings. The minimum Gasteiger partial charge on any atom is -0.339 e. The van der Waals surface area contributed by atoms with Gasteiger partial charge in [0.05, 0.1) is 0 Å². The van der Waals surface area contributed by atoms with Gasteiger partial charge in [-0.15, -0.1) is 0 Å². The lowest BCUT2D eigenvalue weighted by atomic mass is 9.80. The first-order valence-electron chi connectivity index (χ1n) is 7.62. The Balaban J connectivity index is 1.90. The fraction of sp³-hybridized carbons (Fsp3) is 0.933. The lowest BCUT2D eigenvalue weighted by molar-refractivity contribution is -0.141. The van der Waals surface area contributed by atoms with Gasteiger partial charge >= 0.3 is 0 Å². The Morgan fingerprint density at radius 2 is 1.78 bits per heavy atom. The Morgan fingerprint density at radius 1 is 1.11 bits per heavy atom. The zero-order valence-electron chi connectivity index (χ0n) is 11.9. The fourth-order valence-electron chi connectivity index (χ4n) is 3.48. The minimum absolute atomic E-state index is 0.278. The van der Waals surface area contributed by atoms with E-state index >= 15 is 0 Å². The van der Waals surface area contributed by atoms with Crippen LogP contribution in [0.15, 0.2) is 0 Å². The van der Waals surface area contributed by atoms with E-state index in [0.29, 0.717) is 23.8 Å². The van der Waals surface area contributed by atoms with E-state index in [1.165, 1.54) is 12.8 Å². The molecule has 1 saturated carbocycles. The van der Waals surface area contributed by atoms with Gasteiger partial charge in [-0.05, 0) is 63.8 Å². The van der Waals surface area contributed by atoms with Crippen LogP contribution in [0.2, 0.25) is 0 Å². The van der Waals surface area contributed by atoms with Crippen molar-refractivity contribution in [3.8, 4) is 0 Å². The molecule has 1 saturated heterocycles. The molecule has 3 nitrogen and oxygen atoms in total. The third-order valence-corrected chi connectivity index (χ3v) is 4.93. The third kappa shape index (κ3) is 3.05. The highest BCUT2D eigenvalue weighted by molar-refractivity contribution is 5.79. The molecule has 0 radical (unpaired) electrons. The van der Waals surface area contributed by atoms with Crippen molar-refractivity contribution in [3.63, 3.8) is 0 Å². The van der Waals surface area contributed by atoms with Crippen molar-refractivity contribution in [3.05, 3.63) is 0 Å². The van der Waals surface area contributed by atoms with Crippen molar-refractivity contribution >= 4 is 5.91 Å². The summed E-state index contributed by atoms with van der Waals surface area (Å²) in [5.41, 5.74) is 5.71. The van der Waals surface area contributed by atoms with E-state index in [1.54, 1.807) is 0 Å². The van der Waals surface area contributed by atoms with Crippen LogP contribution in [0.1, 0.15) is 52.4 Å². The first-order chi connectivity index (χ1) is 8.61. The first kappa shape index (κ1) is 13.9. The van der Waals surface area contributed by atoms with Gasteiger partial charge < -0.3 is 10.6 Å². The topological polar surface area (TPSA) is 46.3 Å². The van der Waals surface area contributed by atoms with Crippen molar-refractivity contribution in [2.45, 2.75) is 58.4 Å². The predicted molar refractivity (Wildman–Crippen MR) is 74.1 cm³/mol. The summed E-state index contributed by atoms with van der Waals surface area (Å²) in [6.07, 6.45) is 6.84. The normalized spacial score (nSPS) is 37.6. The molecule has 0 spiro atoms. The summed E-state index contributed by atoms with van der Waals surface area (Å²) in [5, 5.41) is 0. The average molecular weight is 252 g/mol. The van der Waals surface area contributed by atoms with Crippen LogP contribution in [0.5, 0.6) is 0 Å². The lowest BCUT2D eigenvalue weighted by Crippen LogP contribution is -2.48. The number of carbonyl (C=O) groups excluding carboxylic acids is 1. The highest BCUT2D eigenvalue weighted by atomic mass is 16.2. The minimum atomic E-state index is 0.278. The van der Waals surface area contributed by atoms with E-state index in [-0.39, 0.29) is 5.92 Å². The van der Waals surface area contributed by atoms with Crippen LogP contribution in [0.4, 0.5) is 0 Å². The van der Waals surface area contributed by atoms with Crippen molar-refractivity contribution in [1.82, 2.24) is 4.90 Å². The van der Waals surface area contributed by atoms with Crippen LogP contribution in [0.3, 0.4) is 0 Å². The number of hydrogen-bond donors (Lipinski definition) is 1. The monoisotopic (exact) mass is 252 g/mol. The second-order valence-corrected chi connectivity index (χ2v) is 6.48. The van der Waals surface area contributed by atoms with E-state index in [4.69, 9.17) is 5.73 Å². The summed E-state index contributed by atoms with van der Waals surface area (Å²) in [4.78, 5) is 14.8. The van der Waals surface area contributed by atoms with Gasteiger partial charge in [-0.3, -0.25) is 4.79 Å². The van der Waals surface area contributed by atoms with E-state index in [9.17, 15) is 4.79 Å². The molecule has 1 aliphatic heterocycles. The van der Waals surface area contributed by atoms with Gasteiger partial charge in [0.2, 0.25) is 5.91 Å². The van der Waals surface area contributed by atoms with E-state index in [1.807, 2.05) is 0 Å². The molecular weight excluding hydrogens is 224 g/mol. The van der Waals surface area contributed by atoms with Gasteiger partial charge in [0, 0.05) is 18.5 Å². The number of likely N-dealkylation sites (tertiary alicyclic amines) is 1. The van der Waals surface area contributed by atoms with Crippen molar-refractivity contribution < 1.29 is 4.79 Å². The van der Waals surface area contributed by atoms with Crippen LogP contribution in [0.25, 0.3) is 0 Å². The van der Waals surface area contributed by atoms with E-state index in [2.05, 4.69) is 18.7 Å². The van der Waals surface area contributed by atoms with Crippen molar-refractivity contribution in [2.24, 2.45) is 23.5 Å². The third-order valence-electron chi connectivity index (χ3n) is 4.93. The van der Waals surface area contributed by atoms with Gasteiger partial charge in [0.15, 0.2) is 0 Å². The quantitative estimate of drug-likeness (QED) is 0.820. The summed E-state index contributed by atoms with van der Waals surface area (Å²) in [7, 11) is 0. The zero-order valence-corrected chi connectivity index (χ0v) is 11.9. The average Bonchev–Trinajstić information content (AvgIpc) is 2.41. The summed E-state index contributed by atoms with van der Waals surface area (Å²) >= 11 is 0. The Bertz CT molecular complexity index is 284. The van der Waals surface area contributed by atoms with Crippen LogP contribution >= 0.6 is 0 Å². The summed E-state index contributed by atoms with van der Waals surface area (Å²) in [6.45, 7) is 6.22. The number of carbonyl (C=O) groups is 1. The standard InChI is InChI=1S/C15H28N2O/c1-11-3-4-12(2)17(10-11)15(18)14-7-5-13(9-16)6-8-14/h11-14H,3-10,16H2,1-2H3. The molecule has 1 amide bonds. The van der Waals surface area contributed by atoms with Crippen molar-refractivity contribution in [1.29, 1.82) is 0 Å². The molecule has 2 rings (SSSR count). The Kier molecular flexibility index (Phi) is 4.66. The predicted octanol–water partition coefficient (Wildman–Crippen LogP) is 2.40. The molecule has 0 aromatic heterocycles. The maximum Gasteiger partial charge on any atom is 0.225 e. The highest BCUT2D eigenvalue weighted by Gasteiger charge is 2.33. The lowest BCUT2D eigenvalue weighted by Gasteiger charge is -2.40. The summed E-state index contributed by atoms with van der Waals surface area (Å²) in [6, 6.07) is 0.445. The number of amides is 1. The number of hydrogen-bond acceptors (Lipinski definition) is 2. The van der Waals surface area contributed by atoms with E-state index < -0.39 is 0 Å². The second kappa shape index (κ2) is 6.05. The molecule has 1 heterocycles. The number of piperidine rings is 1. The molecule has 104 valence electrons. The van der Waals surface area contributed by atoms with Gasteiger partial charge in [0.25, 0.3) is 0 Å². The SMILES string of the molecule is CC1CCC(C)N(C(=O)C2CCC(CN)CC2)C1. The Hall–Kier alpha value is -0.570. The van der Waals surface area contributed by atoms with Gasteiger partial charge in [0.1, 0.15) is 0 Å². The maximum atomic E-state index is 12.6. The Morgan fingerprint density at radius 3 is 2.39 bits per heavy atom. The second-order valence-electron chi connectivity index (χ2n) is 6.48. The smallest absolute Gasteiger partial charge is 0.225 e. The maximum absolute atomic E-state index is 12.6. The van der Waals surface area contributed by atoms with E-state index in [0.717, 1.165) is 38.8 Å². The zero-order chi connectivity index (χ0) is 13.1.